The normalized spacial score (nSPS) is 23.1. The van der Waals surface area contributed by atoms with Crippen molar-refractivity contribution in [3.63, 3.8) is 0 Å². The summed E-state index contributed by atoms with van der Waals surface area (Å²) in [7, 11) is 0. The van der Waals surface area contributed by atoms with Gasteiger partial charge in [0, 0.05) is 19.5 Å². The van der Waals surface area contributed by atoms with Gasteiger partial charge in [0.05, 0.1) is 5.41 Å². The maximum Gasteiger partial charge on any atom is 0.326 e. The Balaban J connectivity index is 1.93. The molecular formula is C15H18N2O3. The summed E-state index contributed by atoms with van der Waals surface area (Å²) >= 11 is 0. The van der Waals surface area contributed by atoms with Crippen molar-refractivity contribution in [2.75, 3.05) is 6.54 Å². The van der Waals surface area contributed by atoms with Crippen LogP contribution in [0.2, 0.25) is 0 Å². The summed E-state index contributed by atoms with van der Waals surface area (Å²) in [5.74, 6) is -1.04. The van der Waals surface area contributed by atoms with Crippen molar-refractivity contribution in [2.45, 2.75) is 31.8 Å². The number of hydrogen-bond donors (Lipinski definition) is 2. The summed E-state index contributed by atoms with van der Waals surface area (Å²) < 4.78 is 0. The number of carboxylic acids is 1. The van der Waals surface area contributed by atoms with Crippen molar-refractivity contribution in [3.05, 3.63) is 35.4 Å². The highest BCUT2D eigenvalue weighted by Gasteiger charge is 2.52. The molecule has 1 atom stereocenters. The molecule has 0 aromatic heterocycles. The van der Waals surface area contributed by atoms with Gasteiger partial charge in [-0.25, -0.2) is 4.79 Å². The molecule has 20 heavy (non-hydrogen) atoms. The van der Waals surface area contributed by atoms with Gasteiger partial charge in [-0.15, -0.1) is 0 Å². The van der Waals surface area contributed by atoms with Crippen molar-refractivity contribution < 1.29 is 14.7 Å². The molecular weight excluding hydrogens is 256 g/mol. The molecule has 0 spiro atoms. The first-order chi connectivity index (χ1) is 9.57. The van der Waals surface area contributed by atoms with Gasteiger partial charge in [0.25, 0.3) is 0 Å². The summed E-state index contributed by atoms with van der Waals surface area (Å²) in [6.07, 6.45) is 1.91. The van der Waals surface area contributed by atoms with Gasteiger partial charge < -0.3 is 15.7 Å². The SMILES string of the molecule is NCC1(C(=O)N2Cc3ccccc3C[C@@H]2C(=O)O)CC1. The Hall–Kier alpha value is -1.88. The Morgan fingerprint density at radius 3 is 2.50 bits per heavy atom. The first kappa shape index (κ1) is 13.1. The van der Waals surface area contributed by atoms with Crippen LogP contribution in [0, 0.1) is 5.41 Å². The van der Waals surface area contributed by atoms with Crippen molar-refractivity contribution in [1.29, 1.82) is 0 Å². The van der Waals surface area contributed by atoms with E-state index >= 15 is 0 Å². The molecule has 0 unspecified atom stereocenters. The van der Waals surface area contributed by atoms with E-state index in [2.05, 4.69) is 0 Å². The molecule has 0 radical (unpaired) electrons. The summed E-state index contributed by atoms with van der Waals surface area (Å²) in [5, 5.41) is 9.42. The van der Waals surface area contributed by atoms with Crippen LogP contribution in [-0.4, -0.2) is 34.5 Å². The lowest BCUT2D eigenvalue weighted by Gasteiger charge is -2.36. The minimum absolute atomic E-state index is 0.0955. The molecule has 1 aliphatic carbocycles. The maximum absolute atomic E-state index is 12.6. The van der Waals surface area contributed by atoms with Gasteiger partial charge in [0.1, 0.15) is 6.04 Å². The summed E-state index contributed by atoms with van der Waals surface area (Å²) in [5.41, 5.74) is 7.25. The number of amides is 1. The van der Waals surface area contributed by atoms with Crippen LogP contribution in [0.5, 0.6) is 0 Å². The summed E-state index contributed by atoms with van der Waals surface area (Å²) in [6.45, 7) is 0.671. The highest BCUT2D eigenvalue weighted by atomic mass is 16.4. The van der Waals surface area contributed by atoms with Crippen molar-refractivity contribution in [2.24, 2.45) is 11.1 Å². The largest absolute Gasteiger partial charge is 0.480 e. The monoisotopic (exact) mass is 274 g/mol. The number of benzene rings is 1. The predicted molar refractivity (Wildman–Crippen MR) is 72.8 cm³/mol. The van der Waals surface area contributed by atoms with Gasteiger partial charge in [-0.2, -0.15) is 0 Å². The molecule has 5 heteroatoms. The van der Waals surface area contributed by atoms with Gasteiger partial charge in [0.15, 0.2) is 0 Å². The lowest BCUT2D eigenvalue weighted by molar-refractivity contribution is -0.153. The maximum atomic E-state index is 12.6. The van der Waals surface area contributed by atoms with E-state index in [-0.39, 0.29) is 5.91 Å². The average molecular weight is 274 g/mol. The molecule has 1 aliphatic heterocycles. The molecule has 1 aromatic rings. The lowest BCUT2D eigenvalue weighted by Crippen LogP contribution is -2.52. The molecule has 5 nitrogen and oxygen atoms in total. The number of aliphatic carboxylic acids is 1. The average Bonchev–Trinajstić information content (AvgIpc) is 3.26. The van der Waals surface area contributed by atoms with Gasteiger partial charge in [-0.1, -0.05) is 24.3 Å². The quantitative estimate of drug-likeness (QED) is 0.852. The molecule has 1 saturated carbocycles. The first-order valence-corrected chi connectivity index (χ1v) is 6.88. The Bertz CT molecular complexity index is 566. The third kappa shape index (κ3) is 1.98. The van der Waals surface area contributed by atoms with Crippen molar-refractivity contribution in [3.8, 4) is 0 Å². The molecule has 1 aromatic carbocycles. The first-order valence-electron chi connectivity index (χ1n) is 6.88. The van der Waals surface area contributed by atoms with Crippen LogP contribution < -0.4 is 5.73 Å². The van der Waals surface area contributed by atoms with E-state index in [9.17, 15) is 14.7 Å². The van der Waals surface area contributed by atoms with Crippen LogP contribution in [-0.2, 0) is 22.6 Å². The number of carbonyl (C=O) groups excluding carboxylic acids is 1. The van der Waals surface area contributed by atoms with E-state index in [4.69, 9.17) is 5.73 Å². The van der Waals surface area contributed by atoms with E-state index in [1.54, 1.807) is 0 Å². The number of fused-ring (bicyclic) bond motifs is 1. The zero-order valence-electron chi connectivity index (χ0n) is 11.2. The fraction of sp³-hybridized carbons (Fsp3) is 0.467. The molecule has 0 saturated heterocycles. The van der Waals surface area contributed by atoms with Crippen molar-refractivity contribution in [1.82, 2.24) is 4.90 Å². The second-order valence-corrected chi connectivity index (χ2v) is 5.74. The number of carboxylic acid groups (broad SMARTS) is 1. The molecule has 0 bridgehead atoms. The van der Waals surface area contributed by atoms with Crippen LogP contribution in [0.4, 0.5) is 0 Å². The molecule has 1 amide bonds. The van der Waals surface area contributed by atoms with Crippen LogP contribution in [0.3, 0.4) is 0 Å². The summed E-state index contributed by atoms with van der Waals surface area (Å²) in [6, 6.07) is 6.93. The number of carbonyl (C=O) groups is 2. The van der Waals surface area contributed by atoms with Gasteiger partial charge in [-0.05, 0) is 24.0 Å². The number of rotatable bonds is 3. The second kappa shape index (κ2) is 4.59. The fourth-order valence-electron chi connectivity index (χ4n) is 2.92. The molecule has 1 fully saturated rings. The van der Waals surface area contributed by atoms with Crippen molar-refractivity contribution >= 4 is 11.9 Å². The molecule has 3 N–H and O–H groups in total. The number of nitrogens with zero attached hydrogens (tertiary/aromatic N) is 1. The highest BCUT2D eigenvalue weighted by Crippen LogP contribution is 2.47. The molecule has 3 rings (SSSR count). The standard InChI is InChI=1S/C15H18N2O3/c16-9-15(5-6-15)14(20)17-8-11-4-2-1-3-10(11)7-12(17)13(18)19/h1-4,12H,5-9,16H2,(H,18,19)/t12-/m1/s1. The Kier molecular flexibility index (Phi) is 3.01. The lowest BCUT2D eigenvalue weighted by atomic mass is 9.92. The third-order valence-electron chi connectivity index (χ3n) is 4.49. The van der Waals surface area contributed by atoms with Crippen LogP contribution in [0.15, 0.2) is 24.3 Å². The third-order valence-corrected chi connectivity index (χ3v) is 4.49. The van der Waals surface area contributed by atoms with E-state index in [0.717, 1.165) is 24.0 Å². The topological polar surface area (TPSA) is 83.6 Å². The van der Waals surface area contributed by atoms with E-state index in [0.29, 0.717) is 19.5 Å². The smallest absolute Gasteiger partial charge is 0.326 e. The molecule has 1 heterocycles. The van der Waals surface area contributed by atoms with Gasteiger partial charge in [0.2, 0.25) is 5.91 Å². The molecule has 2 aliphatic rings. The van der Waals surface area contributed by atoms with Gasteiger partial charge >= 0.3 is 5.97 Å². The zero-order chi connectivity index (χ0) is 14.3. The van der Waals surface area contributed by atoms with Crippen LogP contribution in [0.25, 0.3) is 0 Å². The number of hydrogen-bond acceptors (Lipinski definition) is 3. The predicted octanol–water partition coefficient (Wildman–Crippen LogP) is 0.763. The zero-order valence-corrected chi connectivity index (χ0v) is 11.2. The second-order valence-electron chi connectivity index (χ2n) is 5.74. The fourth-order valence-corrected chi connectivity index (χ4v) is 2.92. The minimum Gasteiger partial charge on any atom is -0.480 e. The van der Waals surface area contributed by atoms with E-state index in [1.165, 1.54) is 4.90 Å². The highest BCUT2D eigenvalue weighted by molar-refractivity contribution is 5.90. The summed E-state index contributed by atoms with van der Waals surface area (Å²) in [4.78, 5) is 25.6. The Morgan fingerprint density at radius 2 is 1.95 bits per heavy atom. The number of nitrogens with two attached hydrogens (primary N) is 1. The van der Waals surface area contributed by atoms with E-state index < -0.39 is 17.4 Å². The van der Waals surface area contributed by atoms with Crippen LogP contribution >= 0.6 is 0 Å². The van der Waals surface area contributed by atoms with Crippen LogP contribution in [0.1, 0.15) is 24.0 Å². The minimum atomic E-state index is -0.944. The molecule has 106 valence electrons. The van der Waals surface area contributed by atoms with Gasteiger partial charge in [-0.3, -0.25) is 4.79 Å². The Morgan fingerprint density at radius 1 is 1.30 bits per heavy atom. The Labute approximate surface area is 117 Å². The van der Waals surface area contributed by atoms with E-state index in [1.807, 2.05) is 24.3 Å².